The molecule has 0 unspecified atom stereocenters. The first kappa shape index (κ1) is 28.0. The highest BCUT2D eigenvalue weighted by atomic mass is 16.5. The van der Waals surface area contributed by atoms with Gasteiger partial charge in [-0.05, 0) is 44.9 Å². The zero-order chi connectivity index (χ0) is 22.4. The van der Waals surface area contributed by atoms with E-state index in [1.165, 1.54) is 89.9 Å². The highest BCUT2D eigenvalue weighted by Gasteiger charge is 2.16. The highest BCUT2D eigenvalue weighted by molar-refractivity contribution is 5.70. The van der Waals surface area contributed by atoms with Gasteiger partial charge in [0.1, 0.15) is 6.10 Å². The maximum absolute atomic E-state index is 11.9. The molecular weight excluding hydrogens is 388 g/mol. The predicted molar refractivity (Wildman–Crippen MR) is 128 cm³/mol. The molecule has 1 aliphatic carbocycles. The molecule has 0 saturated heterocycles. The second-order valence-electron chi connectivity index (χ2n) is 9.42. The van der Waals surface area contributed by atoms with Crippen LogP contribution in [-0.4, -0.2) is 24.6 Å². The number of rotatable bonds is 19. The average Bonchev–Trinajstić information content (AvgIpc) is 3.03. The molecule has 31 heavy (non-hydrogen) atoms. The van der Waals surface area contributed by atoms with Crippen molar-refractivity contribution in [1.29, 1.82) is 0 Å². The Kier molecular flexibility index (Phi) is 18.8. The quantitative estimate of drug-likeness (QED) is 0.116. The van der Waals surface area contributed by atoms with Crippen LogP contribution in [0.25, 0.3) is 0 Å². The van der Waals surface area contributed by atoms with Crippen molar-refractivity contribution in [3.05, 3.63) is 0 Å². The van der Waals surface area contributed by atoms with Crippen LogP contribution in [0.1, 0.15) is 148 Å². The van der Waals surface area contributed by atoms with E-state index in [-0.39, 0.29) is 18.0 Å². The van der Waals surface area contributed by atoms with Gasteiger partial charge in [-0.3, -0.25) is 9.59 Å². The third-order valence-corrected chi connectivity index (χ3v) is 6.37. The van der Waals surface area contributed by atoms with Crippen LogP contribution >= 0.6 is 0 Å². The molecule has 182 valence electrons. The maximum atomic E-state index is 11.9. The Balaban J connectivity index is 1.81. The van der Waals surface area contributed by atoms with Gasteiger partial charge in [0.15, 0.2) is 0 Å². The second-order valence-corrected chi connectivity index (χ2v) is 9.42. The molecule has 0 heterocycles. The first-order chi connectivity index (χ1) is 15.2. The highest BCUT2D eigenvalue weighted by Crippen LogP contribution is 2.20. The van der Waals surface area contributed by atoms with E-state index in [1.807, 2.05) is 0 Å². The zero-order valence-corrected chi connectivity index (χ0v) is 20.5. The smallest absolute Gasteiger partial charge is 0.306 e. The molecule has 0 spiro atoms. The Morgan fingerprint density at radius 1 is 0.613 bits per heavy atom. The van der Waals surface area contributed by atoms with Gasteiger partial charge in [0.2, 0.25) is 0 Å². The van der Waals surface area contributed by atoms with E-state index in [4.69, 9.17) is 9.47 Å². The van der Waals surface area contributed by atoms with Gasteiger partial charge in [-0.2, -0.15) is 0 Å². The lowest BCUT2D eigenvalue weighted by Crippen LogP contribution is -2.17. The van der Waals surface area contributed by atoms with Crippen LogP contribution < -0.4 is 0 Å². The Morgan fingerprint density at radius 2 is 1.10 bits per heavy atom. The molecule has 0 aromatic rings. The van der Waals surface area contributed by atoms with Crippen molar-refractivity contribution in [3.8, 4) is 0 Å². The summed E-state index contributed by atoms with van der Waals surface area (Å²) in [4.78, 5) is 23.7. The van der Waals surface area contributed by atoms with Crippen molar-refractivity contribution in [2.24, 2.45) is 0 Å². The van der Waals surface area contributed by atoms with Gasteiger partial charge in [-0.15, -0.1) is 0 Å². The van der Waals surface area contributed by atoms with Crippen molar-refractivity contribution >= 4 is 11.9 Å². The van der Waals surface area contributed by atoms with Gasteiger partial charge < -0.3 is 9.47 Å². The second kappa shape index (κ2) is 20.8. The summed E-state index contributed by atoms with van der Waals surface area (Å²) in [6.45, 7) is 2.81. The third-order valence-electron chi connectivity index (χ3n) is 6.37. The van der Waals surface area contributed by atoms with Crippen molar-refractivity contribution in [3.63, 3.8) is 0 Å². The van der Waals surface area contributed by atoms with E-state index in [2.05, 4.69) is 6.92 Å². The summed E-state index contributed by atoms with van der Waals surface area (Å²) in [6.07, 6.45) is 24.9. The number of unbranched alkanes of at least 4 members (excludes halogenated alkanes) is 12. The molecule has 0 atom stereocenters. The fourth-order valence-electron chi connectivity index (χ4n) is 4.34. The number of hydrogen-bond acceptors (Lipinski definition) is 4. The van der Waals surface area contributed by atoms with Gasteiger partial charge in [0, 0.05) is 12.8 Å². The predicted octanol–water partition coefficient (Wildman–Crippen LogP) is 8.06. The minimum Gasteiger partial charge on any atom is -0.466 e. The number of carbonyl (C=O) groups excluding carboxylic acids is 2. The fraction of sp³-hybridized carbons (Fsp3) is 0.926. The Hall–Kier alpha value is -1.06. The standard InChI is InChI=1S/C27H50O4/c1-2-3-4-5-6-7-8-9-10-11-14-19-24-30-26(28)22-17-18-23-27(29)31-25-20-15-12-13-16-21-25/h25H,2-24H2,1H3. The van der Waals surface area contributed by atoms with Crippen molar-refractivity contribution in [2.75, 3.05) is 6.61 Å². The normalized spacial score (nSPS) is 14.9. The van der Waals surface area contributed by atoms with Gasteiger partial charge in [0.05, 0.1) is 6.61 Å². The summed E-state index contributed by atoms with van der Waals surface area (Å²) in [5.41, 5.74) is 0. The SMILES string of the molecule is CCCCCCCCCCCCCCOC(=O)CCCCC(=O)OC1CCCCCC1. The molecular formula is C27H50O4. The number of hydrogen-bond donors (Lipinski definition) is 0. The van der Waals surface area contributed by atoms with Crippen LogP contribution in [-0.2, 0) is 19.1 Å². The summed E-state index contributed by atoms with van der Waals surface area (Å²) in [5.74, 6) is -0.225. The van der Waals surface area contributed by atoms with Gasteiger partial charge >= 0.3 is 11.9 Å². The molecule has 1 fully saturated rings. The van der Waals surface area contributed by atoms with Crippen molar-refractivity contribution < 1.29 is 19.1 Å². The van der Waals surface area contributed by atoms with Crippen LogP contribution in [0.5, 0.6) is 0 Å². The minimum absolute atomic E-state index is 0.100. The summed E-state index contributed by atoms with van der Waals surface area (Å²) >= 11 is 0. The van der Waals surface area contributed by atoms with Crippen LogP contribution in [0.4, 0.5) is 0 Å². The van der Waals surface area contributed by atoms with Crippen LogP contribution in [0.2, 0.25) is 0 Å². The molecule has 4 heteroatoms. The maximum Gasteiger partial charge on any atom is 0.306 e. The first-order valence-electron chi connectivity index (χ1n) is 13.6. The Morgan fingerprint density at radius 3 is 1.65 bits per heavy atom. The topological polar surface area (TPSA) is 52.6 Å². The molecule has 1 saturated carbocycles. The Labute approximate surface area is 192 Å². The van der Waals surface area contributed by atoms with E-state index in [9.17, 15) is 9.59 Å². The van der Waals surface area contributed by atoms with Crippen LogP contribution in [0, 0.1) is 0 Å². The van der Waals surface area contributed by atoms with E-state index in [0.717, 1.165) is 25.7 Å². The van der Waals surface area contributed by atoms with Crippen molar-refractivity contribution in [2.45, 2.75) is 154 Å². The molecule has 0 bridgehead atoms. The molecule has 0 aromatic heterocycles. The lowest BCUT2D eigenvalue weighted by Gasteiger charge is -2.15. The summed E-state index contributed by atoms with van der Waals surface area (Å²) in [5, 5.41) is 0. The lowest BCUT2D eigenvalue weighted by atomic mass is 10.1. The number of carbonyl (C=O) groups is 2. The van der Waals surface area contributed by atoms with Crippen LogP contribution in [0.15, 0.2) is 0 Å². The monoisotopic (exact) mass is 438 g/mol. The molecule has 1 rings (SSSR count). The van der Waals surface area contributed by atoms with E-state index in [0.29, 0.717) is 32.3 Å². The molecule has 0 N–H and O–H groups in total. The van der Waals surface area contributed by atoms with Crippen molar-refractivity contribution in [1.82, 2.24) is 0 Å². The number of esters is 2. The van der Waals surface area contributed by atoms with E-state index >= 15 is 0 Å². The van der Waals surface area contributed by atoms with Crippen LogP contribution in [0.3, 0.4) is 0 Å². The molecule has 0 amide bonds. The lowest BCUT2D eigenvalue weighted by molar-refractivity contribution is -0.150. The average molecular weight is 439 g/mol. The molecule has 0 aliphatic heterocycles. The van der Waals surface area contributed by atoms with E-state index in [1.54, 1.807) is 0 Å². The fourth-order valence-corrected chi connectivity index (χ4v) is 4.34. The third kappa shape index (κ3) is 18.2. The van der Waals surface area contributed by atoms with Gasteiger partial charge in [-0.1, -0.05) is 90.4 Å². The molecule has 0 radical (unpaired) electrons. The Bertz CT molecular complexity index is 427. The summed E-state index contributed by atoms with van der Waals surface area (Å²) < 4.78 is 10.9. The first-order valence-corrected chi connectivity index (χ1v) is 13.6. The van der Waals surface area contributed by atoms with E-state index < -0.39 is 0 Å². The summed E-state index contributed by atoms with van der Waals surface area (Å²) in [7, 11) is 0. The summed E-state index contributed by atoms with van der Waals surface area (Å²) in [6, 6.07) is 0. The van der Waals surface area contributed by atoms with Gasteiger partial charge in [0.25, 0.3) is 0 Å². The molecule has 1 aliphatic rings. The largest absolute Gasteiger partial charge is 0.466 e. The van der Waals surface area contributed by atoms with Gasteiger partial charge in [-0.25, -0.2) is 0 Å². The zero-order valence-electron chi connectivity index (χ0n) is 20.5. The number of ether oxygens (including phenoxy) is 2. The molecule has 4 nitrogen and oxygen atoms in total. The molecule has 0 aromatic carbocycles. The minimum atomic E-state index is -0.125.